The normalized spacial score (nSPS) is 23.6. The van der Waals surface area contributed by atoms with Gasteiger partial charge in [-0.25, -0.2) is 0 Å². The fourth-order valence-electron chi connectivity index (χ4n) is 2.60. The van der Waals surface area contributed by atoms with Crippen molar-refractivity contribution in [2.75, 3.05) is 19.8 Å². The zero-order chi connectivity index (χ0) is 15.3. The van der Waals surface area contributed by atoms with Gasteiger partial charge in [-0.15, -0.1) is 0 Å². The van der Waals surface area contributed by atoms with Crippen molar-refractivity contribution in [2.45, 2.75) is 53.1 Å². The van der Waals surface area contributed by atoms with Crippen LogP contribution in [0.25, 0.3) is 0 Å². The number of hydrogen-bond donors (Lipinski definition) is 1. The Hall–Kier alpha value is -1.10. The van der Waals surface area contributed by atoms with Crippen molar-refractivity contribution in [3.8, 4) is 0 Å². The third kappa shape index (κ3) is 3.95. The molecule has 1 N–H and O–H groups in total. The van der Waals surface area contributed by atoms with Crippen LogP contribution in [0.2, 0.25) is 0 Å². The standard InChI is InChI=1S/C15H28N2O3/c1-6-20-9-7-8-17-13(11(4)5)14(18)16-12(10(2)3)15(17)19/h10-13H,6-9H2,1-5H3,(H,16,18). The number of nitrogens with one attached hydrogen (secondary N) is 1. The van der Waals surface area contributed by atoms with Gasteiger partial charge in [0.1, 0.15) is 12.1 Å². The topological polar surface area (TPSA) is 58.6 Å². The van der Waals surface area contributed by atoms with E-state index in [1.165, 1.54) is 0 Å². The van der Waals surface area contributed by atoms with Gasteiger partial charge < -0.3 is 15.0 Å². The highest BCUT2D eigenvalue weighted by molar-refractivity contribution is 5.97. The predicted molar refractivity (Wildman–Crippen MR) is 78.2 cm³/mol. The molecule has 0 aromatic heterocycles. The molecule has 1 fully saturated rings. The van der Waals surface area contributed by atoms with Gasteiger partial charge in [-0.05, 0) is 25.2 Å². The Labute approximate surface area is 122 Å². The number of nitrogens with zero attached hydrogens (tertiary/aromatic N) is 1. The first-order valence-corrected chi connectivity index (χ1v) is 7.58. The average Bonchev–Trinajstić information content (AvgIpc) is 2.37. The summed E-state index contributed by atoms with van der Waals surface area (Å²) in [4.78, 5) is 26.6. The van der Waals surface area contributed by atoms with Gasteiger partial charge in [-0.1, -0.05) is 27.7 Å². The molecule has 20 heavy (non-hydrogen) atoms. The third-order valence-electron chi connectivity index (χ3n) is 3.64. The molecule has 1 aliphatic rings. The van der Waals surface area contributed by atoms with E-state index >= 15 is 0 Å². The second-order valence-corrected chi connectivity index (χ2v) is 6.00. The molecule has 2 atom stereocenters. The number of carbonyl (C=O) groups is 2. The van der Waals surface area contributed by atoms with Crippen LogP contribution in [0.1, 0.15) is 41.0 Å². The molecule has 0 aromatic carbocycles. The zero-order valence-corrected chi connectivity index (χ0v) is 13.3. The summed E-state index contributed by atoms with van der Waals surface area (Å²) in [6.07, 6.45) is 0.765. The Morgan fingerprint density at radius 3 is 2.35 bits per heavy atom. The van der Waals surface area contributed by atoms with Gasteiger partial charge in [0.15, 0.2) is 0 Å². The van der Waals surface area contributed by atoms with E-state index in [9.17, 15) is 9.59 Å². The Kier molecular flexibility index (Phi) is 6.46. The molecule has 1 aliphatic heterocycles. The molecule has 0 aromatic rings. The Bertz CT molecular complexity index is 342. The van der Waals surface area contributed by atoms with Crippen LogP contribution in [0, 0.1) is 11.8 Å². The molecule has 116 valence electrons. The fraction of sp³-hybridized carbons (Fsp3) is 0.867. The number of hydrogen-bond acceptors (Lipinski definition) is 3. The predicted octanol–water partition coefficient (Wildman–Crippen LogP) is 1.42. The largest absolute Gasteiger partial charge is 0.382 e. The molecule has 0 aliphatic carbocycles. The molecule has 0 bridgehead atoms. The maximum atomic E-state index is 12.6. The van der Waals surface area contributed by atoms with E-state index in [1.807, 2.05) is 34.6 Å². The molecule has 1 rings (SSSR count). The number of rotatable bonds is 7. The first-order chi connectivity index (χ1) is 9.40. The molecule has 0 spiro atoms. The molecule has 0 radical (unpaired) electrons. The SMILES string of the molecule is CCOCCCN1C(=O)C(C(C)C)NC(=O)C1C(C)C. The van der Waals surface area contributed by atoms with Crippen molar-refractivity contribution in [2.24, 2.45) is 11.8 Å². The van der Waals surface area contributed by atoms with E-state index in [2.05, 4.69) is 5.32 Å². The Balaban J connectivity index is 2.79. The fourth-order valence-corrected chi connectivity index (χ4v) is 2.60. The Morgan fingerprint density at radius 1 is 1.20 bits per heavy atom. The maximum absolute atomic E-state index is 12.6. The lowest BCUT2D eigenvalue weighted by Gasteiger charge is -2.42. The second-order valence-electron chi connectivity index (χ2n) is 6.00. The van der Waals surface area contributed by atoms with E-state index in [0.717, 1.165) is 6.42 Å². The van der Waals surface area contributed by atoms with Crippen LogP contribution in [-0.2, 0) is 14.3 Å². The summed E-state index contributed by atoms with van der Waals surface area (Å²) < 4.78 is 5.32. The van der Waals surface area contributed by atoms with Crippen LogP contribution < -0.4 is 5.32 Å². The number of carbonyl (C=O) groups excluding carboxylic acids is 2. The molecular weight excluding hydrogens is 256 g/mol. The number of ether oxygens (including phenoxy) is 1. The van der Waals surface area contributed by atoms with Gasteiger partial charge >= 0.3 is 0 Å². The lowest BCUT2D eigenvalue weighted by Crippen LogP contribution is -2.66. The minimum absolute atomic E-state index is 0.0327. The minimum atomic E-state index is -0.399. The van der Waals surface area contributed by atoms with Crippen LogP contribution in [-0.4, -0.2) is 48.6 Å². The quantitative estimate of drug-likeness (QED) is 0.719. The lowest BCUT2D eigenvalue weighted by atomic mass is 9.93. The number of amides is 2. The summed E-state index contributed by atoms with van der Waals surface area (Å²) in [5.74, 6) is 0.220. The maximum Gasteiger partial charge on any atom is 0.246 e. The molecule has 1 heterocycles. The van der Waals surface area contributed by atoms with Gasteiger partial charge in [-0.3, -0.25) is 9.59 Å². The molecule has 5 nitrogen and oxygen atoms in total. The smallest absolute Gasteiger partial charge is 0.246 e. The summed E-state index contributed by atoms with van der Waals surface area (Å²) >= 11 is 0. The highest BCUT2D eigenvalue weighted by atomic mass is 16.5. The first-order valence-electron chi connectivity index (χ1n) is 7.58. The van der Waals surface area contributed by atoms with Crippen molar-refractivity contribution in [1.82, 2.24) is 10.2 Å². The molecular formula is C15H28N2O3. The van der Waals surface area contributed by atoms with E-state index in [4.69, 9.17) is 4.74 Å². The van der Waals surface area contributed by atoms with Crippen LogP contribution >= 0.6 is 0 Å². The van der Waals surface area contributed by atoms with Crippen molar-refractivity contribution < 1.29 is 14.3 Å². The summed E-state index contributed by atoms with van der Waals surface area (Å²) in [6.45, 7) is 11.7. The zero-order valence-electron chi connectivity index (χ0n) is 13.3. The lowest BCUT2D eigenvalue weighted by molar-refractivity contribution is -0.152. The third-order valence-corrected chi connectivity index (χ3v) is 3.64. The van der Waals surface area contributed by atoms with Crippen LogP contribution in [0.5, 0.6) is 0 Å². The van der Waals surface area contributed by atoms with Crippen molar-refractivity contribution in [3.63, 3.8) is 0 Å². The summed E-state index contributed by atoms with van der Waals surface area (Å²) in [6, 6.07) is -0.760. The minimum Gasteiger partial charge on any atom is -0.382 e. The number of piperazine rings is 1. The van der Waals surface area contributed by atoms with Crippen LogP contribution in [0.15, 0.2) is 0 Å². The van der Waals surface area contributed by atoms with Crippen molar-refractivity contribution in [1.29, 1.82) is 0 Å². The molecule has 2 amide bonds. The van der Waals surface area contributed by atoms with Crippen LogP contribution in [0.3, 0.4) is 0 Å². The molecule has 1 saturated heterocycles. The van der Waals surface area contributed by atoms with Crippen LogP contribution in [0.4, 0.5) is 0 Å². The molecule has 5 heteroatoms. The van der Waals surface area contributed by atoms with Gasteiger partial charge in [-0.2, -0.15) is 0 Å². The van der Waals surface area contributed by atoms with E-state index < -0.39 is 6.04 Å². The molecule has 2 unspecified atom stereocenters. The second kappa shape index (κ2) is 7.62. The Morgan fingerprint density at radius 2 is 1.85 bits per heavy atom. The summed E-state index contributed by atoms with van der Waals surface area (Å²) in [5.41, 5.74) is 0. The molecule has 0 saturated carbocycles. The van der Waals surface area contributed by atoms with Crippen molar-refractivity contribution in [3.05, 3.63) is 0 Å². The summed E-state index contributed by atoms with van der Waals surface area (Å²) in [5, 5.41) is 2.87. The highest BCUT2D eigenvalue weighted by Gasteiger charge is 2.42. The van der Waals surface area contributed by atoms with E-state index in [-0.39, 0.29) is 29.7 Å². The van der Waals surface area contributed by atoms with Gasteiger partial charge in [0.2, 0.25) is 11.8 Å². The van der Waals surface area contributed by atoms with Crippen molar-refractivity contribution >= 4 is 11.8 Å². The van der Waals surface area contributed by atoms with E-state index in [0.29, 0.717) is 19.8 Å². The van der Waals surface area contributed by atoms with Gasteiger partial charge in [0, 0.05) is 19.8 Å². The first kappa shape index (κ1) is 17.0. The van der Waals surface area contributed by atoms with E-state index in [1.54, 1.807) is 4.90 Å². The average molecular weight is 284 g/mol. The highest BCUT2D eigenvalue weighted by Crippen LogP contribution is 2.20. The summed E-state index contributed by atoms with van der Waals surface area (Å²) in [7, 11) is 0. The van der Waals surface area contributed by atoms with Gasteiger partial charge in [0.05, 0.1) is 0 Å². The monoisotopic (exact) mass is 284 g/mol. The van der Waals surface area contributed by atoms with Gasteiger partial charge in [0.25, 0.3) is 0 Å².